The van der Waals surface area contributed by atoms with Crippen LogP contribution in [0.25, 0.3) is 11.1 Å². The fourth-order valence-electron chi connectivity index (χ4n) is 1.63. The minimum absolute atomic E-state index is 0.00374. The zero-order valence-electron chi connectivity index (χ0n) is 11.5. The van der Waals surface area contributed by atoms with Crippen LogP contribution in [0.4, 0.5) is 0 Å². The van der Waals surface area contributed by atoms with Crippen molar-refractivity contribution in [3.05, 3.63) is 48.8 Å². The van der Waals surface area contributed by atoms with Crippen molar-refractivity contribution in [2.45, 2.75) is 13.8 Å². The van der Waals surface area contributed by atoms with Crippen molar-refractivity contribution >= 4 is 0 Å². The molecule has 2 rings (SSSR count). The van der Waals surface area contributed by atoms with Crippen molar-refractivity contribution < 1.29 is 4.74 Å². The number of nitrogens with two attached hydrogens (primary N) is 1. The first-order valence-electron chi connectivity index (χ1n) is 6.44. The first kappa shape index (κ1) is 13.6. The summed E-state index contributed by atoms with van der Waals surface area (Å²) in [4.78, 5) is 4.02. The molecule has 0 aliphatic rings. The molecule has 0 fully saturated rings. The van der Waals surface area contributed by atoms with Gasteiger partial charge in [0.1, 0.15) is 5.75 Å². The van der Waals surface area contributed by atoms with Gasteiger partial charge in [0.2, 0.25) is 0 Å². The lowest BCUT2D eigenvalue weighted by atomic mass is 9.95. The van der Waals surface area contributed by atoms with E-state index in [2.05, 4.69) is 31.0 Å². The molecule has 0 amide bonds. The molecule has 0 aliphatic heterocycles. The monoisotopic (exact) mass is 256 g/mol. The Kier molecular flexibility index (Phi) is 4.17. The standard InChI is InChI=1S/C16H20N2O/c1-16(2,11-17)12-19-15-5-3-13(4-6-15)14-7-9-18-10-8-14/h3-10H,11-12,17H2,1-2H3. The lowest BCUT2D eigenvalue weighted by Crippen LogP contribution is -2.30. The summed E-state index contributed by atoms with van der Waals surface area (Å²) in [5.41, 5.74) is 8.00. The molecule has 1 heterocycles. The van der Waals surface area contributed by atoms with Crippen LogP contribution in [0.15, 0.2) is 48.8 Å². The molecule has 0 radical (unpaired) electrons. The highest BCUT2D eigenvalue weighted by Crippen LogP contribution is 2.23. The third-order valence-corrected chi connectivity index (χ3v) is 3.05. The zero-order chi connectivity index (χ0) is 13.7. The van der Waals surface area contributed by atoms with Crippen LogP contribution in [0, 0.1) is 5.41 Å². The Labute approximate surface area is 114 Å². The Morgan fingerprint density at radius 2 is 1.58 bits per heavy atom. The highest BCUT2D eigenvalue weighted by Gasteiger charge is 2.16. The molecule has 0 aliphatic carbocycles. The van der Waals surface area contributed by atoms with E-state index in [1.807, 2.05) is 24.3 Å². The average molecular weight is 256 g/mol. The van der Waals surface area contributed by atoms with Gasteiger partial charge in [-0.2, -0.15) is 0 Å². The quantitative estimate of drug-likeness (QED) is 0.894. The van der Waals surface area contributed by atoms with E-state index in [1.54, 1.807) is 12.4 Å². The maximum absolute atomic E-state index is 5.76. The normalized spacial score (nSPS) is 11.3. The molecule has 3 nitrogen and oxygen atoms in total. The minimum Gasteiger partial charge on any atom is -0.493 e. The van der Waals surface area contributed by atoms with Gasteiger partial charge in [0.15, 0.2) is 0 Å². The summed E-state index contributed by atoms with van der Waals surface area (Å²) in [5.74, 6) is 0.874. The van der Waals surface area contributed by atoms with Crippen molar-refractivity contribution in [1.82, 2.24) is 4.98 Å². The van der Waals surface area contributed by atoms with Crippen LogP contribution in [0.3, 0.4) is 0 Å². The molecule has 1 aromatic carbocycles. The third-order valence-electron chi connectivity index (χ3n) is 3.05. The summed E-state index contributed by atoms with van der Waals surface area (Å²) in [5, 5.41) is 0. The van der Waals surface area contributed by atoms with E-state index in [0.29, 0.717) is 13.2 Å². The number of aromatic nitrogens is 1. The summed E-state index contributed by atoms with van der Waals surface area (Å²) < 4.78 is 5.76. The Balaban J connectivity index is 2.03. The molecular weight excluding hydrogens is 236 g/mol. The molecule has 3 heteroatoms. The molecular formula is C16H20N2O. The van der Waals surface area contributed by atoms with Gasteiger partial charge in [0.25, 0.3) is 0 Å². The van der Waals surface area contributed by atoms with Crippen LogP contribution in [0.1, 0.15) is 13.8 Å². The summed E-state index contributed by atoms with van der Waals surface area (Å²) in [6, 6.07) is 12.1. The second-order valence-electron chi connectivity index (χ2n) is 5.42. The summed E-state index contributed by atoms with van der Waals surface area (Å²) in [6.45, 7) is 5.43. The van der Waals surface area contributed by atoms with Crippen molar-refractivity contribution in [3.63, 3.8) is 0 Å². The van der Waals surface area contributed by atoms with Crippen LogP contribution in [0.5, 0.6) is 5.75 Å². The summed E-state index contributed by atoms with van der Waals surface area (Å²) in [6.07, 6.45) is 3.59. The Bertz CT molecular complexity index is 506. The fraction of sp³-hybridized carbons (Fsp3) is 0.312. The predicted molar refractivity (Wildman–Crippen MR) is 78.0 cm³/mol. The lowest BCUT2D eigenvalue weighted by Gasteiger charge is -2.22. The highest BCUT2D eigenvalue weighted by atomic mass is 16.5. The van der Waals surface area contributed by atoms with E-state index in [1.165, 1.54) is 0 Å². The van der Waals surface area contributed by atoms with Crippen LogP contribution in [-0.2, 0) is 0 Å². The number of pyridine rings is 1. The van der Waals surface area contributed by atoms with Crippen molar-refractivity contribution in [3.8, 4) is 16.9 Å². The van der Waals surface area contributed by atoms with Gasteiger partial charge in [-0.1, -0.05) is 26.0 Å². The van der Waals surface area contributed by atoms with Crippen LogP contribution >= 0.6 is 0 Å². The molecule has 19 heavy (non-hydrogen) atoms. The third kappa shape index (κ3) is 3.80. The van der Waals surface area contributed by atoms with E-state index in [4.69, 9.17) is 10.5 Å². The van der Waals surface area contributed by atoms with Crippen LogP contribution in [-0.4, -0.2) is 18.1 Å². The summed E-state index contributed by atoms with van der Waals surface area (Å²) in [7, 11) is 0. The van der Waals surface area contributed by atoms with Gasteiger partial charge in [-0.25, -0.2) is 0 Å². The fourth-order valence-corrected chi connectivity index (χ4v) is 1.63. The van der Waals surface area contributed by atoms with Crippen molar-refractivity contribution in [1.29, 1.82) is 0 Å². The van der Waals surface area contributed by atoms with Gasteiger partial charge in [0, 0.05) is 24.4 Å². The molecule has 0 saturated heterocycles. The number of benzene rings is 1. The number of ether oxygens (including phenoxy) is 1. The average Bonchev–Trinajstić information content (AvgIpc) is 2.47. The molecule has 0 spiro atoms. The first-order valence-corrected chi connectivity index (χ1v) is 6.44. The van der Waals surface area contributed by atoms with Crippen LogP contribution < -0.4 is 10.5 Å². The number of rotatable bonds is 5. The molecule has 0 bridgehead atoms. The van der Waals surface area contributed by atoms with Crippen molar-refractivity contribution in [2.24, 2.45) is 11.1 Å². The Hall–Kier alpha value is -1.87. The second kappa shape index (κ2) is 5.85. The predicted octanol–water partition coefficient (Wildman–Crippen LogP) is 3.11. The molecule has 2 N–H and O–H groups in total. The van der Waals surface area contributed by atoms with Gasteiger partial charge < -0.3 is 10.5 Å². The smallest absolute Gasteiger partial charge is 0.119 e. The molecule has 0 unspecified atom stereocenters. The Morgan fingerprint density at radius 3 is 2.16 bits per heavy atom. The van der Waals surface area contributed by atoms with E-state index >= 15 is 0 Å². The lowest BCUT2D eigenvalue weighted by molar-refractivity contribution is 0.187. The maximum Gasteiger partial charge on any atom is 0.119 e. The molecule has 100 valence electrons. The molecule has 0 atom stereocenters. The van der Waals surface area contributed by atoms with Gasteiger partial charge in [-0.15, -0.1) is 0 Å². The van der Waals surface area contributed by atoms with E-state index in [0.717, 1.165) is 16.9 Å². The van der Waals surface area contributed by atoms with Crippen LogP contribution in [0.2, 0.25) is 0 Å². The highest BCUT2D eigenvalue weighted by molar-refractivity contribution is 5.63. The molecule has 1 aromatic heterocycles. The number of hydrogen-bond acceptors (Lipinski definition) is 3. The topological polar surface area (TPSA) is 48.1 Å². The van der Waals surface area contributed by atoms with E-state index in [-0.39, 0.29) is 5.41 Å². The van der Waals surface area contributed by atoms with Gasteiger partial charge in [0.05, 0.1) is 6.61 Å². The van der Waals surface area contributed by atoms with E-state index in [9.17, 15) is 0 Å². The summed E-state index contributed by atoms with van der Waals surface area (Å²) >= 11 is 0. The number of nitrogens with zero attached hydrogens (tertiary/aromatic N) is 1. The Morgan fingerprint density at radius 1 is 1.00 bits per heavy atom. The van der Waals surface area contributed by atoms with E-state index < -0.39 is 0 Å². The zero-order valence-corrected chi connectivity index (χ0v) is 11.5. The van der Waals surface area contributed by atoms with Crippen molar-refractivity contribution in [2.75, 3.05) is 13.2 Å². The second-order valence-corrected chi connectivity index (χ2v) is 5.42. The van der Waals surface area contributed by atoms with Gasteiger partial charge >= 0.3 is 0 Å². The molecule has 2 aromatic rings. The first-order chi connectivity index (χ1) is 9.11. The largest absolute Gasteiger partial charge is 0.493 e. The maximum atomic E-state index is 5.76. The SMILES string of the molecule is CC(C)(CN)COc1ccc(-c2ccncc2)cc1. The number of hydrogen-bond donors (Lipinski definition) is 1. The van der Waals surface area contributed by atoms with Gasteiger partial charge in [-0.3, -0.25) is 4.98 Å². The molecule has 0 saturated carbocycles. The minimum atomic E-state index is 0.00374. The van der Waals surface area contributed by atoms with Gasteiger partial charge in [-0.05, 0) is 35.4 Å².